The van der Waals surface area contributed by atoms with Crippen LogP contribution in [0.2, 0.25) is 5.02 Å². The Bertz CT molecular complexity index is 391. The zero-order valence-electron chi connectivity index (χ0n) is 7.20. The Labute approximate surface area is 86.1 Å². The van der Waals surface area contributed by atoms with E-state index in [0.29, 0.717) is 5.02 Å². The van der Waals surface area contributed by atoms with Gasteiger partial charge in [-0.1, -0.05) is 17.7 Å². The van der Waals surface area contributed by atoms with Gasteiger partial charge >= 0.3 is 6.03 Å². The fourth-order valence-corrected chi connectivity index (χ4v) is 1.33. The number of hydrogen-bond donors (Lipinski definition) is 2. The fourth-order valence-electron chi connectivity index (χ4n) is 1.14. The van der Waals surface area contributed by atoms with E-state index in [-0.39, 0.29) is 6.03 Å². The number of nitrogens with one attached hydrogen (secondary N) is 2. The lowest BCUT2D eigenvalue weighted by molar-refractivity contribution is 0.243. The van der Waals surface area contributed by atoms with Crippen molar-refractivity contribution in [3.8, 4) is 0 Å². The fraction of sp³-hybridized carbons (Fsp3) is 0. The van der Waals surface area contributed by atoms with E-state index < -0.39 is 0 Å². The summed E-state index contributed by atoms with van der Waals surface area (Å²) in [6.45, 7) is 0. The van der Waals surface area contributed by atoms with E-state index in [9.17, 15) is 4.79 Å². The molecule has 2 rings (SSSR count). The van der Waals surface area contributed by atoms with Gasteiger partial charge in [0.05, 0.1) is 5.69 Å². The minimum absolute atomic E-state index is 0.271. The number of anilines is 1. The number of amides is 2. The molecule has 0 unspecified atom stereocenters. The second-order valence-electron chi connectivity index (χ2n) is 2.75. The summed E-state index contributed by atoms with van der Waals surface area (Å²) in [4.78, 5) is 11.0. The molecular formula is C9H8ClN3O. The first-order valence-electron chi connectivity index (χ1n) is 4.04. The maximum Gasteiger partial charge on any atom is 0.337 e. The van der Waals surface area contributed by atoms with E-state index >= 15 is 0 Å². The van der Waals surface area contributed by atoms with Crippen molar-refractivity contribution in [3.05, 3.63) is 41.7 Å². The molecule has 0 bridgehead atoms. The van der Waals surface area contributed by atoms with Crippen LogP contribution in [0.4, 0.5) is 10.5 Å². The molecule has 72 valence electrons. The normalized spacial score (nSPS) is 14.9. The molecule has 2 N–H and O–H groups in total. The molecule has 1 aromatic rings. The van der Waals surface area contributed by atoms with Crippen molar-refractivity contribution in [2.24, 2.45) is 0 Å². The van der Waals surface area contributed by atoms with Gasteiger partial charge < -0.3 is 5.32 Å². The summed E-state index contributed by atoms with van der Waals surface area (Å²) in [5.41, 5.74) is 3.41. The zero-order valence-corrected chi connectivity index (χ0v) is 7.95. The van der Waals surface area contributed by atoms with Gasteiger partial charge in [0.15, 0.2) is 0 Å². The molecule has 0 atom stereocenters. The quantitative estimate of drug-likeness (QED) is 0.742. The number of halogens is 1. The minimum Gasteiger partial charge on any atom is -0.312 e. The highest BCUT2D eigenvalue weighted by atomic mass is 35.5. The number of rotatable bonds is 1. The number of benzene rings is 1. The molecule has 1 aromatic carbocycles. The summed E-state index contributed by atoms with van der Waals surface area (Å²) in [7, 11) is 0. The molecule has 5 heteroatoms. The Morgan fingerprint density at radius 2 is 2.21 bits per heavy atom. The van der Waals surface area contributed by atoms with Gasteiger partial charge in [-0.05, 0) is 18.2 Å². The third-order valence-corrected chi connectivity index (χ3v) is 1.98. The monoisotopic (exact) mass is 209 g/mol. The highest BCUT2D eigenvalue weighted by Gasteiger charge is 2.10. The average molecular weight is 210 g/mol. The maximum absolute atomic E-state index is 11.0. The van der Waals surface area contributed by atoms with Crippen molar-refractivity contribution in [2.45, 2.75) is 0 Å². The number of carbonyl (C=O) groups is 1. The predicted molar refractivity (Wildman–Crippen MR) is 54.7 cm³/mol. The second-order valence-corrected chi connectivity index (χ2v) is 3.19. The molecule has 0 spiro atoms. The van der Waals surface area contributed by atoms with Gasteiger partial charge in [0.2, 0.25) is 0 Å². The molecule has 2 amide bonds. The van der Waals surface area contributed by atoms with Gasteiger partial charge in [-0.15, -0.1) is 0 Å². The lowest BCUT2D eigenvalue weighted by Crippen LogP contribution is -2.46. The summed E-state index contributed by atoms with van der Waals surface area (Å²) in [6, 6.07) is 6.94. The Morgan fingerprint density at radius 3 is 2.93 bits per heavy atom. The Morgan fingerprint density at radius 1 is 1.36 bits per heavy atom. The number of carbonyl (C=O) groups excluding carboxylic acids is 1. The summed E-state index contributed by atoms with van der Waals surface area (Å²) >= 11 is 5.82. The van der Waals surface area contributed by atoms with Crippen LogP contribution in [-0.4, -0.2) is 6.03 Å². The van der Waals surface area contributed by atoms with Gasteiger partial charge in [0.25, 0.3) is 0 Å². The first-order valence-corrected chi connectivity index (χ1v) is 4.42. The molecule has 14 heavy (non-hydrogen) atoms. The Kier molecular flexibility index (Phi) is 2.28. The highest BCUT2D eigenvalue weighted by Crippen LogP contribution is 2.18. The molecule has 1 aliphatic rings. The van der Waals surface area contributed by atoms with Crippen LogP contribution >= 0.6 is 11.6 Å². The van der Waals surface area contributed by atoms with Gasteiger partial charge in [-0.3, -0.25) is 5.01 Å². The van der Waals surface area contributed by atoms with E-state index in [1.165, 1.54) is 0 Å². The molecule has 1 aliphatic heterocycles. The molecule has 0 saturated carbocycles. The Hall–Kier alpha value is -1.68. The first-order chi connectivity index (χ1) is 6.75. The smallest absolute Gasteiger partial charge is 0.312 e. The largest absolute Gasteiger partial charge is 0.337 e. The number of hydrogen-bond acceptors (Lipinski definition) is 2. The minimum atomic E-state index is -0.271. The first kappa shape index (κ1) is 8.90. The van der Waals surface area contributed by atoms with Gasteiger partial charge in [-0.2, -0.15) is 0 Å². The topological polar surface area (TPSA) is 44.4 Å². The predicted octanol–water partition coefficient (Wildman–Crippen LogP) is 1.85. The van der Waals surface area contributed by atoms with Crippen molar-refractivity contribution >= 4 is 23.3 Å². The molecule has 0 aliphatic carbocycles. The maximum atomic E-state index is 11.0. The highest BCUT2D eigenvalue weighted by molar-refractivity contribution is 6.30. The van der Waals surface area contributed by atoms with Crippen LogP contribution in [0.5, 0.6) is 0 Å². The van der Waals surface area contributed by atoms with Gasteiger partial charge in [0.1, 0.15) is 0 Å². The molecule has 1 heterocycles. The standard InChI is InChI=1S/C9H8ClN3O/c10-7-2-1-3-8(6-7)13-5-4-11-9(14)12-13/h1-6H,(H2,11,12,14). The average Bonchev–Trinajstić information content (AvgIpc) is 2.18. The molecule has 0 fully saturated rings. The Balaban J connectivity index is 2.26. The number of hydrazine groups is 1. The van der Waals surface area contributed by atoms with E-state index in [4.69, 9.17) is 11.6 Å². The molecular weight excluding hydrogens is 202 g/mol. The van der Waals surface area contributed by atoms with E-state index in [1.807, 2.05) is 12.1 Å². The zero-order chi connectivity index (χ0) is 9.97. The van der Waals surface area contributed by atoms with Crippen molar-refractivity contribution in [1.82, 2.24) is 10.7 Å². The lowest BCUT2D eigenvalue weighted by Gasteiger charge is -2.24. The van der Waals surface area contributed by atoms with Crippen LogP contribution in [0.3, 0.4) is 0 Å². The molecule has 0 saturated heterocycles. The van der Waals surface area contributed by atoms with Crippen LogP contribution in [0, 0.1) is 0 Å². The van der Waals surface area contributed by atoms with Gasteiger partial charge in [0, 0.05) is 17.4 Å². The lowest BCUT2D eigenvalue weighted by atomic mass is 10.3. The van der Waals surface area contributed by atoms with E-state index in [2.05, 4.69) is 10.7 Å². The SMILES string of the molecule is O=C1NC=CN(c2cccc(Cl)c2)N1. The van der Waals surface area contributed by atoms with E-state index in [1.54, 1.807) is 29.5 Å². The summed E-state index contributed by atoms with van der Waals surface area (Å²) in [5, 5.41) is 4.71. The van der Waals surface area contributed by atoms with E-state index in [0.717, 1.165) is 5.69 Å². The molecule has 4 nitrogen and oxygen atoms in total. The van der Waals surface area contributed by atoms with Crippen molar-refractivity contribution in [2.75, 3.05) is 5.01 Å². The second kappa shape index (κ2) is 3.59. The van der Waals surface area contributed by atoms with Crippen LogP contribution in [0.1, 0.15) is 0 Å². The van der Waals surface area contributed by atoms with Crippen molar-refractivity contribution in [3.63, 3.8) is 0 Å². The molecule has 0 radical (unpaired) electrons. The van der Waals surface area contributed by atoms with Crippen LogP contribution in [0.15, 0.2) is 36.7 Å². The van der Waals surface area contributed by atoms with Gasteiger partial charge in [-0.25, -0.2) is 10.2 Å². The number of nitrogens with zero attached hydrogens (tertiary/aromatic N) is 1. The summed E-state index contributed by atoms with van der Waals surface area (Å²) < 4.78 is 0. The van der Waals surface area contributed by atoms with Crippen LogP contribution in [0.25, 0.3) is 0 Å². The summed E-state index contributed by atoms with van der Waals surface area (Å²) in [5.74, 6) is 0. The van der Waals surface area contributed by atoms with Crippen LogP contribution < -0.4 is 15.8 Å². The number of urea groups is 1. The third-order valence-electron chi connectivity index (χ3n) is 1.75. The molecule has 0 aromatic heterocycles. The van der Waals surface area contributed by atoms with Crippen LogP contribution in [-0.2, 0) is 0 Å². The van der Waals surface area contributed by atoms with Crippen molar-refractivity contribution in [1.29, 1.82) is 0 Å². The summed E-state index contributed by atoms with van der Waals surface area (Å²) in [6.07, 6.45) is 3.26. The third kappa shape index (κ3) is 1.80. The van der Waals surface area contributed by atoms with Crippen molar-refractivity contribution < 1.29 is 4.79 Å².